The molecular weight excluding hydrogens is 302 g/mol. The van der Waals surface area contributed by atoms with E-state index >= 15 is 0 Å². The van der Waals surface area contributed by atoms with Crippen LogP contribution in [0.5, 0.6) is 5.75 Å². The SMILES string of the molecule is CCCCN(C)C(=O)c1ccc(NCc2ccc(OC)cc2)nc1. The summed E-state index contributed by atoms with van der Waals surface area (Å²) in [7, 11) is 3.48. The first-order valence-electron chi connectivity index (χ1n) is 8.22. The second kappa shape index (κ2) is 8.91. The van der Waals surface area contributed by atoms with Crippen molar-refractivity contribution in [2.24, 2.45) is 0 Å². The van der Waals surface area contributed by atoms with Gasteiger partial charge in [0.1, 0.15) is 11.6 Å². The Bertz CT molecular complexity index is 639. The summed E-state index contributed by atoms with van der Waals surface area (Å²) in [5, 5.41) is 3.25. The molecule has 0 aliphatic carbocycles. The molecule has 0 saturated carbocycles. The molecule has 1 aromatic carbocycles. The highest BCUT2D eigenvalue weighted by Gasteiger charge is 2.11. The number of hydrogen-bond acceptors (Lipinski definition) is 4. The minimum absolute atomic E-state index is 0.0117. The van der Waals surface area contributed by atoms with E-state index in [2.05, 4.69) is 17.2 Å². The lowest BCUT2D eigenvalue weighted by Crippen LogP contribution is -2.27. The quantitative estimate of drug-likeness (QED) is 0.805. The van der Waals surface area contributed by atoms with Gasteiger partial charge >= 0.3 is 0 Å². The van der Waals surface area contributed by atoms with Crippen molar-refractivity contribution in [3.63, 3.8) is 0 Å². The van der Waals surface area contributed by atoms with Crippen molar-refractivity contribution in [1.82, 2.24) is 9.88 Å². The molecule has 1 N–H and O–H groups in total. The monoisotopic (exact) mass is 327 g/mol. The smallest absolute Gasteiger partial charge is 0.255 e. The number of methoxy groups -OCH3 is 1. The zero-order valence-corrected chi connectivity index (χ0v) is 14.6. The normalized spacial score (nSPS) is 10.3. The van der Waals surface area contributed by atoms with Gasteiger partial charge in [-0.25, -0.2) is 4.98 Å². The average molecular weight is 327 g/mol. The Labute approximate surface area is 143 Å². The molecule has 2 aromatic rings. The van der Waals surface area contributed by atoms with Crippen molar-refractivity contribution in [2.45, 2.75) is 26.3 Å². The van der Waals surface area contributed by atoms with Gasteiger partial charge in [0.2, 0.25) is 0 Å². The van der Waals surface area contributed by atoms with Gasteiger partial charge in [-0.2, -0.15) is 0 Å². The molecule has 0 unspecified atom stereocenters. The Hall–Kier alpha value is -2.56. The summed E-state index contributed by atoms with van der Waals surface area (Å²) < 4.78 is 5.14. The van der Waals surface area contributed by atoms with Crippen LogP contribution < -0.4 is 10.1 Å². The number of amides is 1. The standard InChI is InChI=1S/C19H25N3O2/c1-4-5-12-22(2)19(23)16-8-11-18(21-14-16)20-13-15-6-9-17(24-3)10-7-15/h6-11,14H,4-5,12-13H2,1-3H3,(H,20,21). The topological polar surface area (TPSA) is 54.5 Å². The summed E-state index contributed by atoms with van der Waals surface area (Å²) in [4.78, 5) is 18.3. The third-order valence-electron chi connectivity index (χ3n) is 3.84. The van der Waals surface area contributed by atoms with Crippen LogP contribution in [0.1, 0.15) is 35.7 Å². The minimum atomic E-state index is 0.0117. The number of nitrogens with zero attached hydrogens (tertiary/aromatic N) is 2. The molecule has 0 spiro atoms. The summed E-state index contributed by atoms with van der Waals surface area (Å²) in [6.45, 7) is 3.55. The minimum Gasteiger partial charge on any atom is -0.497 e. The fourth-order valence-corrected chi connectivity index (χ4v) is 2.28. The lowest BCUT2D eigenvalue weighted by atomic mass is 10.2. The number of rotatable bonds is 8. The van der Waals surface area contributed by atoms with Crippen LogP contribution in [0.3, 0.4) is 0 Å². The number of anilines is 1. The van der Waals surface area contributed by atoms with Crippen molar-refractivity contribution in [2.75, 3.05) is 26.0 Å². The Morgan fingerprint density at radius 3 is 2.54 bits per heavy atom. The fourth-order valence-electron chi connectivity index (χ4n) is 2.28. The number of aromatic nitrogens is 1. The lowest BCUT2D eigenvalue weighted by molar-refractivity contribution is 0.0793. The van der Waals surface area contributed by atoms with Gasteiger partial charge in [0.05, 0.1) is 12.7 Å². The van der Waals surface area contributed by atoms with E-state index in [1.54, 1.807) is 18.2 Å². The van der Waals surface area contributed by atoms with E-state index in [1.165, 1.54) is 0 Å². The fraction of sp³-hybridized carbons (Fsp3) is 0.368. The van der Waals surface area contributed by atoms with E-state index in [0.717, 1.165) is 36.5 Å². The van der Waals surface area contributed by atoms with Crippen LogP contribution >= 0.6 is 0 Å². The number of carbonyl (C=O) groups excluding carboxylic acids is 1. The molecule has 24 heavy (non-hydrogen) atoms. The van der Waals surface area contributed by atoms with Crippen LogP contribution in [0, 0.1) is 0 Å². The third-order valence-corrected chi connectivity index (χ3v) is 3.84. The molecule has 0 aliphatic rings. The van der Waals surface area contributed by atoms with E-state index in [9.17, 15) is 4.79 Å². The van der Waals surface area contributed by atoms with E-state index in [1.807, 2.05) is 43.4 Å². The van der Waals surface area contributed by atoms with Gasteiger partial charge in [0.25, 0.3) is 5.91 Å². The first kappa shape index (κ1) is 17.8. The second-order valence-corrected chi connectivity index (χ2v) is 5.71. The predicted octanol–water partition coefficient (Wildman–Crippen LogP) is 3.57. The first-order chi connectivity index (χ1) is 11.6. The molecule has 1 amide bonds. The number of pyridine rings is 1. The highest BCUT2D eigenvalue weighted by molar-refractivity contribution is 5.93. The van der Waals surface area contributed by atoms with E-state index in [0.29, 0.717) is 12.1 Å². The van der Waals surface area contributed by atoms with Crippen LogP contribution in [-0.2, 0) is 6.54 Å². The zero-order valence-electron chi connectivity index (χ0n) is 14.6. The Kier molecular flexibility index (Phi) is 6.61. The summed E-state index contributed by atoms with van der Waals surface area (Å²) in [6.07, 6.45) is 3.71. The maximum atomic E-state index is 12.3. The maximum Gasteiger partial charge on any atom is 0.255 e. The van der Waals surface area contributed by atoms with Crippen molar-refractivity contribution in [3.05, 3.63) is 53.7 Å². The molecular formula is C19H25N3O2. The van der Waals surface area contributed by atoms with Crippen LogP contribution in [0.2, 0.25) is 0 Å². The predicted molar refractivity (Wildman–Crippen MR) is 96.4 cm³/mol. The molecule has 2 rings (SSSR count). The largest absolute Gasteiger partial charge is 0.497 e. The molecule has 0 fully saturated rings. The van der Waals surface area contributed by atoms with E-state index in [4.69, 9.17) is 4.74 Å². The second-order valence-electron chi connectivity index (χ2n) is 5.71. The number of hydrogen-bond donors (Lipinski definition) is 1. The van der Waals surface area contributed by atoms with Crippen LogP contribution in [0.15, 0.2) is 42.6 Å². The van der Waals surface area contributed by atoms with Crippen molar-refractivity contribution < 1.29 is 9.53 Å². The molecule has 0 atom stereocenters. The summed E-state index contributed by atoms with van der Waals surface area (Å²) in [6, 6.07) is 11.5. The van der Waals surface area contributed by atoms with E-state index < -0.39 is 0 Å². The molecule has 1 aromatic heterocycles. The first-order valence-corrected chi connectivity index (χ1v) is 8.22. The lowest BCUT2D eigenvalue weighted by Gasteiger charge is -2.16. The highest BCUT2D eigenvalue weighted by Crippen LogP contribution is 2.13. The van der Waals surface area contributed by atoms with Gasteiger partial charge in [0, 0.05) is 26.3 Å². The number of carbonyl (C=O) groups is 1. The van der Waals surface area contributed by atoms with Crippen molar-refractivity contribution in [3.8, 4) is 5.75 Å². The summed E-state index contributed by atoms with van der Waals surface area (Å²) in [5.74, 6) is 1.60. The van der Waals surface area contributed by atoms with Gasteiger partial charge in [0.15, 0.2) is 0 Å². The number of nitrogens with one attached hydrogen (secondary N) is 1. The molecule has 0 bridgehead atoms. The number of unbranched alkanes of at least 4 members (excludes halogenated alkanes) is 1. The Morgan fingerprint density at radius 2 is 1.96 bits per heavy atom. The summed E-state index contributed by atoms with van der Waals surface area (Å²) in [5.41, 5.74) is 1.75. The molecule has 1 heterocycles. The molecule has 0 radical (unpaired) electrons. The van der Waals surface area contributed by atoms with Crippen LogP contribution in [-0.4, -0.2) is 36.5 Å². The molecule has 5 heteroatoms. The highest BCUT2D eigenvalue weighted by atomic mass is 16.5. The molecule has 0 aliphatic heterocycles. The Morgan fingerprint density at radius 1 is 1.21 bits per heavy atom. The molecule has 128 valence electrons. The van der Waals surface area contributed by atoms with Crippen LogP contribution in [0.25, 0.3) is 0 Å². The average Bonchev–Trinajstić information content (AvgIpc) is 2.64. The molecule has 5 nitrogen and oxygen atoms in total. The van der Waals surface area contributed by atoms with Gasteiger partial charge < -0.3 is 15.0 Å². The number of ether oxygens (including phenoxy) is 1. The van der Waals surface area contributed by atoms with Gasteiger partial charge in [-0.15, -0.1) is 0 Å². The third kappa shape index (κ3) is 4.98. The van der Waals surface area contributed by atoms with Crippen LogP contribution in [0.4, 0.5) is 5.82 Å². The number of benzene rings is 1. The van der Waals surface area contributed by atoms with Crippen molar-refractivity contribution >= 4 is 11.7 Å². The zero-order chi connectivity index (χ0) is 17.4. The van der Waals surface area contributed by atoms with Gasteiger partial charge in [-0.3, -0.25) is 4.79 Å². The molecule has 0 saturated heterocycles. The van der Waals surface area contributed by atoms with Gasteiger partial charge in [-0.05, 0) is 36.2 Å². The van der Waals surface area contributed by atoms with E-state index in [-0.39, 0.29) is 5.91 Å². The Balaban J connectivity index is 1.90. The maximum absolute atomic E-state index is 12.3. The summed E-state index contributed by atoms with van der Waals surface area (Å²) >= 11 is 0. The van der Waals surface area contributed by atoms with Gasteiger partial charge in [-0.1, -0.05) is 25.5 Å². The van der Waals surface area contributed by atoms with Crippen molar-refractivity contribution in [1.29, 1.82) is 0 Å².